The molecule has 2 bridgehead atoms. The summed E-state index contributed by atoms with van der Waals surface area (Å²) in [7, 11) is 0. The first kappa shape index (κ1) is 19.7. The highest BCUT2D eigenvalue weighted by Gasteiger charge is 2.77. The molecule has 2 aromatic carbocycles. The van der Waals surface area contributed by atoms with E-state index in [9.17, 15) is 14.4 Å². The molecule has 1 aliphatic heterocycles. The van der Waals surface area contributed by atoms with Gasteiger partial charge in [-0.1, -0.05) is 62.4 Å². The monoisotopic (exact) mass is 430 g/mol. The van der Waals surface area contributed by atoms with E-state index >= 15 is 0 Å². The molecule has 0 aromatic heterocycles. The fourth-order valence-electron chi connectivity index (χ4n) is 6.70. The minimum atomic E-state index is -1.31. The van der Waals surface area contributed by atoms with Gasteiger partial charge in [-0.2, -0.15) is 0 Å². The second-order valence-corrected chi connectivity index (χ2v) is 10.7. The van der Waals surface area contributed by atoms with Gasteiger partial charge in [0.05, 0.1) is 10.8 Å². The Bertz CT molecular complexity index is 1210. The lowest BCUT2D eigenvalue weighted by Crippen LogP contribution is -2.50. The van der Waals surface area contributed by atoms with Crippen LogP contribution in [0.4, 0.5) is 0 Å². The van der Waals surface area contributed by atoms with Gasteiger partial charge in [-0.05, 0) is 49.3 Å². The van der Waals surface area contributed by atoms with Crippen LogP contribution in [0.5, 0.6) is 0 Å². The summed E-state index contributed by atoms with van der Waals surface area (Å²) in [4.78, 5) is 40.2. The summed E-state index contributed by atoms with van der Waals surface area (Å²) in [6, 6.07) is 15.5. The predicted octanol–water partition coefficient (Wildman–Crippen LogP) is 4.37. The fraction of sp³-hybridized carbons (Fsp3) is 0.444. The summed E-state index contributed by atoms with van der Waals surface area (Å²) in [6.45, 7) is 5.71. The van der Waals surface area contributed by atoms with Gasteiger partial charge in [0, 0.05) is 11.0 Å². The zero-order valence-corrected chi connectivity index (χ0v) is 18.6. The van der Waals surface area contributed by atoms with Crippen molar-refractivity contribution in [3.05, 3.63) is 70.8 Å². The highest BCUT2D eigenvalue weighted by molar-refractivity contribution is 6.06. The first-order valence-corrected chi connectivity index (χ1v) is 11.3. The van der Waals surface area contributed by atoms with Gasteiger partial charge in [-0.15, -0.1) is 0 Å². The van der Waals surface area contributed by atoms with Crippen LogP contribution in [0.15, 0.2) is 48.5 Å². The molecule has 1 saturated carbocycles. The van der Waals surface area contributed by atoms with E-state index in [0.717, 1.165) is 16.7 Å². The van der Waals surface area contributed by atoms with E-state index in [1.807, 2.05) is 69.3 Å². The van der Waals surface area contributed by atoms with Crippen molar-refractivity contribution >= 4 is 17.7 Å². The number of hydrogen-bond donors (Lipinski definition) is 0. The zero-order valence-electron chi connectivity index (χ0n) is 18.6. The molecule has 2 fully saturated rings. The molecule has 5 heteroatoms. The number of Topliss-reactive ketones (excluding diaryl/α,β-unsaturated/α-hetero) is 1. The smallest absolute Gasteiger partial charge is 0.351 e. The molecule has 32 heavy (non-hydrogen) atoms. The molecular weight excluding hydrogens is 404 g/mol. The van der Waals surface area contributed by atoms with Crippen LogP contribution in [0, 0.1) is 16.2 Å². The van der Waals surface area contributed by atoms with Crippen LogP contribution in [0.25, 0.3) is 0 Å². The average molecular weight is 431 g/mol. The molecule has 0 radical (unpaired) electrons. The van der Waals surface area contributed by atoms with Crippen LogP contribution in [0.2, 0.25) is 0 Å². The molecular formula is C27H26O5. The largest absolute Gasteiger partial charge is 0.453 e. The fourth-order valence-corrected chi connectivity index (χ4v) is 6.70. The van der Waals surface area contributed by atoms with Crippen LogP contribution >= 0.6 is 0 Å². The number of rotatable bonds is 2. The van der Waals surface area contributed by atoms with E-state index in [1.54, 1.807) is 0 Å². The molecule has 4 aliphatic rings. The molecule has 0 N–H and O–H groups in total. The highest BCUT2D eigenvalue weighted by Crippen LogP contribution is 2.66. The van der Waals surface area contributed by atoms with Crippen molar-refractivity contribution in [1.29, 1.82) is 0 Å². The number of esters is 2. The molecule has 3 aliphatic carbocycles. The summed E-state index contributed by atoms with van der Waals surface area (Å²) in [5.74, 6) is -0.836. The van der Waals surface area contributed by atoms with Gasteiger partial charge < -0.3 is 9.47 Å². The second kappa shape index (κ2) is 5.89. The molecule has 0 unspecified atom stereocenters. The number of benzene rings is 2. The summed E-state index contributed by atoms with van der Waals surface area (Å²) in [6.07, 6.45) is 1.38. The average Bonchev–Trinajstić information content (AvgIpc) is 3.35. The quantitative estimate of drug-likeness (QED) is 0.662. The number of fused-ring (bicyclic) bond motifs is 4. The molecule has 5 nitrogen and oxygen atoms in total. The van der Waals surface area contributed by atoms with Crippen molar-refractivity contribution < 1.29 is 23.9 Å². The van der Waals surface area contributed by atoms with Crippen molar-refractivity contribution in [3.8, 4) is 0 Å². The van der Waals surface area contributed by atoms with Gasteiger partial charge in [0.2, 0.25) is 5.60 Å². The van der Waals surface area contributed by atoms with E-state index in [2.05, 4.69) is 0 Å². The molecule has 1 heterocycles. The van der Waals surface area contributed by atoms with Crippen molar-refractivity contribution in [2.75, 3.05) is 0 Å². The summed E-state index contributed by atoms with van der Waals surface area (Å²) in [5.41, 5.74) is 0.0366. The maximum Gasteiger partial charge on any atom is 0.351 e. The Morgan fingerprint density at radius 3 is 2.25 bits per heavy atom. The number of ether oxygens (including phenoxy) is 2. The molecule has 0 amide bonds. The number of hydrogen-bond acceptors (Lipinski definition) is 5. The lowest BCUT2D eigenvalue weighted by atomic mass is 9.66. The first-order valence-electron chi connectivity index (χ1n) is 11.3. The Kier molecular flexibility index (Phi) is 3.63. The topological polar surface area (TPSA) is 69.7 Å². The third kappa shape index (κ3) is 2.03. The summed E-state index contributed by atoms with van der Waals surface area (Å²) >= 11 is 0. The standard InChI is InChI=1S/C27H26O5/c1-24(2)25(3)12-13-27(24,32-22(25)29)23(30)31-21-19-11-7-5-9-17(19)15-26(21)14-16-8-4-6-10-18(16)20(26)28/h4-11,21H,12-15H2,1-3H3/t21-,25-,26+,27+/m0/s1. The van der Waals surface area contributed by atoms with E-state index in [0.29, 0.717) is 31.2 Å². The zero-order chi connectivity index (χ0) is 22.5. The van der Waals surface area contributed by atoms with Gasteiger partial charge in [-0.25, -0.2) is 4.79 Å². The van der Waals surface area contributed by atoms with Crippen LogP contribution in [-0.4, -0.2) is 23.3 Å². The molecule has 1 spiro atoms. The molecule has 1 saturated heterocycles. The van der Waals surface area contributed by atoms with Gasteiger partial charge in [0.25, 0.3) is 0 Å². The minimum Gasteiger partial charge on any atom is -0.453 e. The van der Waals surface area contributed by atoms with Gasteiger partial charge in [-0.3, -0.25) is 9.59 Å². The number of ketones is 1. The number of carbonyl (C=O) groups is 3. The van der Waals surface area contributed by atoms with Gasteiger partial charge in [0.15, 0.2) is 5.78 Å². The Labute approximate surface area is 187 Å². The Balaban J connectivity index is 1.43. The SMILES string of the molecule is CC1(C)[C@@]2(C)CC[C@]1(C(=O)O[C@H]1c3ccccc3C[C@@]13Cc1ccccc1C3=O)OC2=O. The number of carbonyl (C=O) groups excluding carboxylic acids is 3. The van der Waals surface area contributed by atoms with Crippen LogP contribution in [0.1, 0.15) is 66.8 Å². The van der Waals surface area contributed by atoms with E-state index in [1.165, 1.54) is 0 Å². The lowest BCUT2D eigenvalue weighted by molar-refractivity contribution is -0.190. The van der Waals surface area contributed by atoms with Gasteiger partial charge in [0.1, 0.15) is 6.10 Å². The summed E-state index contributed by atoms with van der Waals surface area (Å²) in [5, 5.41) is 0. The van der Waals surface area contributed by atoms with Crippen LogP contribution < -0.4 is 0 Å². The molecule has 2 aromatic rings. The van der Waals surface area contributed by atoms with Crippen LogP contribution in [-0.2, 0) is 31.9 Å². The van der Waals surface area contributed by atoms with Crippen LogP contribution in [0.3, 0.4) is 0 Å². The van der Waals surface area contributed by atoms with Crippen molar-refractivity contribution in [2.45, 2.75) is 58.2 Å². The van der Waals surface area contributed by atoms with Gasteiger partial charge >= 0.3 is 11.9 Å². The lowest BCUT2D eigenvalue weighted by Gasteiger charge is -2.37. The normalized spacial score (nSPS) is 35.7. The maximum absolute atomic E-state index is 13.8. The third-order valence-corrected chi connectivity index (χ3v) is 9.20. The van der Waals surface area contributed by atoms with Crippen molar-refractivity contribution in [2.24, 2.45) is 16.2 Å². The third-order valence-electron chi connectivity index (χ3n) is 9.20. The minimum absolute atomic E-state index is 0.0264. The van der Waals surface area contributed by atoms with E-state index < -0.39 is 33.9 Å². The van der Waals surface area contributed by atoms with Crippen molar-refractivity contribution in [3.63, 3.8) is 0 Å². The van der Waals surface area contributed by atoms with E-state index in [4.69, 9.17) is 9.47 Å². The molecule has 4 atom stereocenters. The highest BCUT2D eigenvalue weighted by atomic mass is 16.6. The predicted molar refractivity (Wildman–Crippen MR) is 116 cm³/mol. The first-order chi connectivity index (χ1) is 15.2. The van der Waals surface area contributed by atoms with Crippen molar-refractivity contribution in [1.82, 2.24) is 0 Å². The Morgan fingerprint density at radius 2 is 1.59 bits per heavy atom. The molecule has 6 rings (SSSR count). The second-order valence-electron chi connectivity index (χ2n) is 10.7. The Hall–Kier alpha value is -2.95. The summed E-state index contributed by atoms with van der Waals surface area (Å²) < 4.78 is 12.0. The molecule has 164 valence electrons. The maximum atomic E-state index is 13.8. The Morgan fingerprint density at radius 1 is 0.938 bits per heavy atom. The van der Waals surface area contributed by atoms with E-state index in [-0.39, 0.29) is 11.8 Å².